The first-order chi connectivity index (χ1) is 9.74. The zero-order chi connectivity index (χ0) is 13.9. The minimum atomic E-state index is 0.643. The average molecular weight is 285 g/mol. The van der Waals surface area contributed by atoms with Gasteiger partial charge in [-0.3, -0.25) is 0 Å². The van der Waals surface area contributed by atoms with E-state index in [4.69, 9.17) is 5.84 Å². The van der Waals surface area contributed by atoms with Crippen LogP contribution in [0.1, 0.15) is 11.5 Å². The summed E-state index contributed by atoms with van der Waals surface area (Å²) in [6, 6.07) is 12.2. The molecule has 0 amide bonds. The lowest BCUT2D eigenvalue weighted by Gasteiger charge is -2.04. The Balaban J connectivity index is 1.77. The zero-order valence-corrected chi connectivity index (χ0v) is 11.9. The Hall–Kier alpha value is -2.05. The lowest BCUT2D eigenvalue weighted by Crippen LogP contribution is -2.10. The molecule has 0 aliphatic rings. The van der Waals surface area contributed by atoms with Crippen LogP contribution in [0, 0.1) is 6.92 Å². The molecule has 4 N–H and O–H groups in total. The number of nitrogens with two attached hydrogens (primary N) is 1. The molecular formula is C14H15N5S. The van der Waals surface area contributed by atoms with Crippen LogP contribution in [0.15, 0.2) is 41.4 Å². The van der Waals surface area contributed by atoms with Crippen LogP contribution in [0.2, 0.25) is 0 Å². The first-order valence-electron chi connectivity index (χ1n) is 6.26. The number of fused-ring (bicyclic) bond motifs is 1. The number of nitrogens with one attached hydrogen (secondary N) is 2. The van der Waals surface area contributed by atoms with Gasteiger partial charge in [-0.15, -0.1) is 11.8 Å². The van der Waals surface area contributed by atoms with Gasteiger partial charge in [0.25, 0.3) is 0 Å². The van der Waals surface area contributed by atoms with Crippen molar-refractivity contribution in [1.82, 2.24) is 15.0 Å². The molecule has 1 aromatic carbocycles. The third-order valence-electron chi connectivity index (χ3n) is 2.91. The Morgan fingerprint density at radius 2 is 2.10 bits per heavy atom. The number of benzene rings is 1. The number of H-pyrrole nitrogens is 1. The fourth-order valence-corrected chi connectivity index (χ4v) is 2.84. The van der Waals surface area contributed by atoms with Crippen LogP contribution in [0.5, 0.6) is 0 Å². The molecule has 2 heterocycles. The van der Waals surface area contributed by atoms with Crippen molar-refractivity contribution in [2.45, 2.75) is 17.7 Å². The van der Waals surface area contributed by atoms with Crippen molar-refractivity contribution in [3.63, 3.8) is 0 Å². The average Bonchev–Trinajstić information content (AvgIpc) is 2.87. The highest BCUT2D eigenvalue weighted by atomic mass is 32.2. The monoisotopic (exact) mass is 285 g/mol. The predicted molar refractivity (Wildman–Crippen MR) is 82.4 cm³/mol. The van der Waals surface area contributed by atoms with E-state index in [1.165, 1.54) is 5.39 Å². The number of anilines is 1. The van der Waals surface area contributed by atoms with Crippen molar-refractivity contribution < 1.29 is 0 Å². The van der Waals surface area contributed by atoms with Crippen molar-refractivity contribution in [1.29, 1.82) is 0 Å². The second-order valence-corrected chi connectivity index (χ2v) is 5.48. The Morgan fingerprint density at radius 1 is 1.25 bits per heavy atom. The molecule has 6 heteroatoms. The van der Waals surface area contributed by atoms with E-state index < -0.39 is 0 Å². The number of hydrogen-bond donors (Lipinski definition) is 3. The Morgan fingerprint density at radius 3 is 2.90 bits per heavy atom. The molecule has 0 radical (unpaired) electrons. The summed E-state index contributed by atoms with van der Waals surface area (Å²) in [6.45, 7) is 1.93. The Labute approximate surface area is 121 Å². The molecule has 0 fully saturated rings. The summed E-state index contributed by atoms with van der Waals surface area (Å²) < 4.78 is 0. The van der Waals surface area contributed by atoms with E-state index >= 15 is 0 Å². The minimum absolute atomic E-state index is 0.643. The molecule has 2 aromatic heterocycles. The fourth-order valence-electron chi connectivity index (χ4n) is 2.04. The maximum absolute atomic E-state index is 5.39. The van der Waals surface area contributed by atoms with E-state index in [9.17, 15) is 0 Å². The highest BCUT2D eigenvalue weighted by Crippen LogP contribution is 2.25. The summed E-state index contributed by atoms with van der Waals surface area (Å²) in [4.78, 5) is 12.1. The fraction of sp³-hybridized carbons (Fsp3) is 0.143. The van der Waals surface area contributed by atoms with Gasteiger partial charge in [-0.05, 0) is 19.1 Å². The summed E-state index contributed by atoms with van der Waals surface area (Å²) >= 11 is 1.68. The van der Waals surface area contributed by atoms with Crippen molar-refractivity contribution in [2.24, 2.45) is 5.84 Å². The molecule has 0 aliphatic carbocycles. The molecule has 3 rings (SSSR count). The van der Waals surface area contributed by atoms with Gasteiger partial charge in [-0.25, -0.2) is 15.8 Å². The SMILES string of the molecule is Cc1cc(NN)nc(CSc2cc3ccccc3[nH]2)n1. The molecule has 0 spiro atoms. The number of para-hydroxylation sites is 1. The normalized spacial score (nSPS) is 10.9. The maximum Gasteiger partial charge on any atom is 0.143 e. The summed E-state index contributed by atoms with van der Waals surface area (Å²) in [6.07, 6.45) is 0. The molecule has 102 valence electrons. The minimum Gasteiger partial charge on any atom is -0.350 e. The summed E-state index contributed by atoms with van der Waals surface area (Å²) in [7, 11) is 0. The van der Waals surface area contributed by atoms with Gasteiger partial charge in [0.2, 0.25) is 0 Å². The van der Waals surface area contributed by atoms with Crippen molar-refractivity contribution in [3.05, 3.63) is 47.9 Å². The first-order valence-corrected chi connectivity index (χ1v) is 7.25. The van der Waals surface area contributed by atoms with E-state index in [1.807, 2.05) is 25.1 Å². The molecule has 3 aromatic rings. The van der Waals surface area contributed by atoms with E-state index in [2.05, 4.69) is 38.6 Å². The molecule has 0 atom stereocenters. The number of rotatable bonds is 4. The maximum atomic E-state index is 5.39. The number of aromatic amines is 1. The summed E-state index contributed by atoms with van der Waals surface area (Å²) in [5, 5.41) is 2.32. The number of nitrogens with zero attached hydrogens (tertiary/aromatic N) is 2. The zero-order valence-electron chi connectivity index (χ0n) is 11.1. The number of nitrogen functional groups attached to an aromatic ring is 1. The third kappa shape index (κ3) is 2.76. The van der Waals surface area contributed by atoms with Crippen LogP contribution < -0.4 is 11.3 Å². The van der Waals surface area contributed by atoms with Gasteiger partial charge >= 0.3 is 0 Å². The van der Waals surface area contributed by atoms with E-state index in [1.54, 1.807) is 11.8 Å². The highest BCUT2D eigenvalue weighted by Gasteiger charge is 2.05. The molecule has 0 aliphatic heterocycles. The van der Waals surface area contributed by atoms with Crippen LogP contribution in [-0.2, 0) is 5.75 Å². The highest BCUT2D eigenvalue weighted by molar-refractivity contribution is 7.98. The summed E-state index contributed by atoms with van der Waals surface area (Å²) in [5.74, 6) is 7.50. The molecule has 0 unspecified atom stereocenters. The molecule has 0 saturated heterocycles. The number of hydrazine groups is 1. The van der Waals surface area contributed by atoms with Crippen molar-refractivity contribution in [2.75, 3.05) is 5.43 Å². The van der Waals surface area contributed by atoms with Crippen molar-refractivity contribution in [3.8, 4) is 0 Å². The Bertz CT molecular complexity index is 704. The van der Waals surface area contributed by atoms with Gasteiger partial charge in [-0.2, -0.15) is 0 Å². The molecule has 0 bridgehead atoms. The van der Waals surface area contributed by atoms with Crippen LogP contribution in [0.3, 0.4) is 0 Å². The van der Waals surface area contributed by atoms with Gasteiger partial charge < -0.3 is 10.4 Å². The second kappa shape index (κ2) is 5.52. The lowest BCUT2D eigenvalue weighted by molar-refractivity contribution is 0.989. The first kappa shape index (κ1) is 13.0. The van der Waals surface area contributed by atoms with E-state index in [0.717, 1.165) is 22.1 Å². The number of aryl methyl sites for hydroxylation is 1. The van der Waals surface area contributed by atoms with Crippen molar-refractivity contribution >= 4 is 28.5 Å². The number of thioether (sulfide) groups is 1. The number of hydrogen-bond acceptors (Lipinski definition) is 5. The number of aromatic nitrogens is 3. The van der Waals surface area contributed by atoms with Gasteiger partial charge in [0, 0.05) is 22.7 Å². The molecule has 20 heavy (non-hydrogen) atoms. The molecule has 5 nitrogen and oxygen atoms in total. The van der Waals surface area contributed by atoms with Crippen LogP contribution in [-0.4, -0.2) is 15.0 Å². The molecule has 0 saturated carbocycles. The van der Waals surface area contributed by atoms with E-state index in [0.29, 0.717) is 11.6 Å². The smallest absolute Gasteiger partial charge is 0.143 e. The standard InChI is InChI=1S/C14H15N5S/c1-9-6-12(19-15)18-13(16-9)8-20-14-7-10-4-2-3-5-11(10)17-14/h2-7,17H,8,15H2,1H3,(H,16,18,19). The second-order valence-electron chi connectivity index (χ2n) is 4.46. The third-order valence-corrected chi connectivity index (χ3v) is 3.84. The topological polar surface area (TPSA) is 79.6 Å². The van der Waals surface area contributed by atoms with Crippen LogP contribution >= 0.6 is 11.8 Å². The van der Waals surface area contributed by atoms with Gasteiger partial charge in [-0.1, -0.05) is 18.2 Å². The Kier molecular flexibility index (Phi) is 3.58. The van der Waals surface area contributed by atoms with Crippen LogP contribution in [0.4, 0.5) is 5.82 Å². The predicted octanol–water partition coefficient (Wildman–Crippen LogP) is 2.84. The van der Waals surface area contributed by atoms with Gasteiger partial charge in [0.05, 0.1) is 10.8 Å². The quantitative estimate of drug-likeness (QED) is 0.390. The summed E-state index contributed by atoms with van der Waals surface area (Å²) in [5.41, 5.74) is 4.61. The lowest BCUT2D eigenvalue weighted by atomic mass is 10.3. The van der Waals surface area contributed by atoms with Gasteiger partial charge in [0.1, 0.15) is 11.6 Å². The molecular weight excluding hydrogens is 270 g/mol. The van der Waals surface area contributed by atoms with E-state index in [-0.39, 0.29) is 0 Å². The van der Waals surface area contributed by atoms with Crippen LogP contribution in [0.25, 0.3) is 10.9 Å². The largest absolute Gasteiger partial charge is 0.350 e. The van der Waals surface area contributed by atoms with Gasteiger partial charge in [0.15, 0.2) is 0 Å².